The van der Waals surface area contributed by atoms with Gasteiger partial charge in [-0.1, -0.05) is 13.0 Å². The van der Waals surface area contributed by atoms with Crippen molar-refractivity contribution in [2.75, 3.05) is 0 Å². The summed E-state index contributed by atoms with van der Waals surface area (Å²) >= 11 is 0. The van der Waals surface area contributed by atoms with Crippen molar-refractivity contribution in [2.45, 2.75) is 13.3 Å². The molecular formula is C9H10O3. The first-order chi connectivity index (χ1) is 5.63. The van der Waals surface area contributed by atoms with Crippen molar-refractivity contribution < 1.29 is 14.7 Å². The zero-order valence-corrected chi connectivity index (χ0v) is 6.78. The van der Waals surface area contributed by atoms with Gasteiger partial charge in [0.2, 0.25) is 0 Å². The molecule has 3 nitrogen and oxygen atoms in total. The Kier molecular flexibility index (Phi) is 1.24. The summed E-state index contributed by atoms with van der Waals surface area (Å²) in [6.07, 6.45) is 4.04. The van der Waals surface area contributed by atoms with Gasteiger partial charge in [0.25, 0.3) is 0 Å². The van der Waals surface area contributed by atoms with E-state index in [0.717, 1.165) is 6.42 Å². The van der Waals surface area contributed by atoms with Gasteiger partial charge >= 0.3 is 5.97 Å². The van der Waals surface area contributed by atoms with Crippen LogP contribution in [0.15, 0.2) is 12.2 Å². The quantitative estimate of drug-likeness (QED) is 0.661. The van der Waals surface area contributed by atoms with Crippen molar-refractivity contribution in [3.05, 3.63) is 12.2 Å². The van der Waals surface area contributed by atoms with Crippen molar-refractivity contribution >= 4 is 11.8 Å². The van der Waals surface area contributed by atoms with Crippen LogP contribution in [0.5, 0.6) is 0 Å². The Morgan fingerprint density at radius 2 is 2.42 bits per heavy atom. The Hall–Kier alpha value is -1.12. The van der Waals surface area contributed by atoms with Crippen LogP contribution in [0.1, 0.15) is 13.3 Å². The standard InChI is InChI=1S/C9H10O3/c1-2-9-4-3-5(10)6(9)7(9)8(11)12/h3-4,6-7H,2H2,1H3,(H,11,12)/t6?,7-,9?/m1/s1. The van der Waals surface area contributed by atoms with Crippen LogP contribution >= 0.6 is 0 Å². The number of carboxylic acids is 1. The van der Waals surface area contributed by atoms with E-state index in [4.69, 9.17) is 5.11 Å². The Bertz CT molecular complexity index is 292. The predicted molar refractivity (Wildman–Crippen MR) is 41.5 cm³/mol. The molecule has 0 saturated heterocycles. The van der Waals surface area contributed by atoms with E-state index in [1.54, 1.807) is 6.08 Å². The van der Waals surface area contributed by atoms with E-state index in [9.17, 15) is 9.59 Å². The smallest absolute Gasteiger partial charge is 0.308 e. The molecule has 0 aliphatic heterocycles. The van der Waals surface area contributed by atoms with E-state index >= 15 is 0 Å². The number of carbonyl (C=O) groups is 2. The number of fused-ring (bicyclic) bond motifs is 1. The van der Waals surface area contributed by atoms with Crippen LogP contribution in [0.2, 0.25) is 0 Å². The summed E-state index contributed by atoms with van der Waals surface area (Å²) in [5.41, 5.74) is -0.317. The fourth-order valence-electron chi connectivity index (χ4n) is 2.37. The molecule has 0 amide bonds. The van der Waals surface area contributed by atoms with Crippen LogP contribution < -0.4 is 0 Å². The molecule has 0 spiro atoms. The van der Waals surface area contributed by atoms with Crippen molar-refractivity contribution in [1.82, 2.24) is 0 Å². The molecule has 2 aliphatic rings. The minimum atomic E-state index is -0.834. The Balaban J connectivity index is 2.31. The van der Waals surface area contributed by atoms with E-state index in [0.29, 0.717) is 0 Å². The molecule has 1 fully saturated rings. The van der Waals surface area contributed by atoms with Gasteiger partial charge in [-0.25, -0.2) is 0 Å². The number of aliphatic carboxylic acids is 1. The average molecular weight is 166 g/mol. The van der Waals surface area contributed by atoms with Crippen molar-refractivity contribution in [3.63, 3.8) is 0 Å². The highest BCUT2D eigenvalue weighted by Gasteiger charge is 2.70. The van der Waals surface area contributed by atoms with Crippen LogP contribution in [0.3, 0.4) is 0 Å². The summed E-state index contributed by atoms with van der Waals surface area (Å²) in [6, 6.07) is 0. The number of hydrogen-bond donors (Lipinski definition) is 1. The van der Waals surface area contributed by atoms with E-state index in [1.165, 1.54) is 6.08 Å². The first kappa shape index (κ1) is 7.53. The summed E-state index contributed by atoms with van der Waals surface area (Å²) in [5.74, 6) is -1.54. The van der Waals surface area contributed by atoms with Crippen molar-refractivity contribution in [3.8, 4) is 0 Å². The number of allylic oxidation sites excluding steroid dienone is 2. The minimum absolute atomic E-state index is 0.00995. The molecule has 1 saturated carbocycles. The highest BCUT2D eigenvalue weighted by molar-refractivity contribution is 6.03. The highest BCUT2D eigenvalue weighted by atomic mass is 16.4. The van der Waals surface area contributed by atoms with Crippen molar-refractivity contribution in [1.29, 1.82) is 0 Å². The van der Waals surface area contributed by atoms with Gasteiger partial charge in [-0.3, -0.25) is 9.59 Å². The van der Waals surface area contributed by atoms with Gasteiger partial charge in [0, 0.05) is 11.3 Å². The summed E-state index contributed by atoms with van der Waals surface area (Å²) in [7, 11) is 0. The van der Waals surface area contributed by atoms with E-state index in [-0.39, 0.29) is 17.1 Å². The maximum Gasteiger partial charge on any atom is 0.308 e. The highest BCUT2D eigenvalue weighted by Crippen LogP contribution is 2.65. The lowest BCUT2D eigenvalue weighted by atomic mass is 10.0. The summed E-state index contributed by atoms with van der Waals surface area (Å²) in [6.45, 7) is 1.93. The van der Waals surface area contributed by atoms with Gasteiger partial charge < -0.3 is 5.11 Å². The molecule has 0 heterocycles. The second kappa shape index (κ2) is 1.97. The lowest BCUT2D eigenvalue weighted by molar-refractivity contribution is -0.140. The van der Waals surface area contributed by atoms with Gasteiger partial charge in [0.1, 0.15) is 0 Å². The molecule has 1 N–H and O–H groups in total. The molecular weight excluding hydrogens is 156 g/mol. The third-order valence-electron chi connectivity index (χ3n) is 3.13. The van der Waals surface area contributed by atoms with Gasteiger partial charge in [0.05, 0.1) is 5.92 Å². The molecule has 0 aromatic rings. The SMILES string of the molecule is CCC12C=CC(=O)C1[C@@H]2C(=O)O. The monoisotopic (exact) mass is 166 g/mol. The van der Waals surface area contributed by atoms with Gasteiger partial charge in [0.15, 0.2) is 5.78 Å². The summed E-state index contributed by atoms with van der Waals surface area (Å²) in [4.78, 5) is 21.8. The third-order valence-corrected chi connectivity index (χ3v) is 3.13. The maximum atomic E-state index is 11.1. The average Bonchev–Trinajstić information content (AvgIpc) is 2.61. The molecule has 2 rings (SSSR count). The molecule has 3 heteroatoms. The first-order valence-electron chi connectivity index (χ1n) is 4.09. The van der Waals surface area contributed by atoms with E-state index < -0.39 is 11.9 Å². The van der Waals surface area contributed by atoms with Gasteiger partial charge in [-0.15, -0.1) is 0 Å². The van der Waals surface area contributed by atoms with Gasteiger partial charge in [-0.05, 0) is 12.5 Å². The Morgan fingerprint density at radius 1 is 1.75 bits per heavy atom. The Morgan fingerprint density at radius 3 is 2.75 bits per heavy atom. The van der Waals surface area contributed by atoms with Crippen LogP contribution in [0.25, 0.3) is 0 Å². The van der Waals surface area contributed by atoms with Crippen LogP contribution in [-0.2, 0) is 9.59 Å². The number of carbonyl (C=O) groups excluding carboxylic acids is 1. The topological polar surface area (TPSA) is 54.4 Å². The second-order valence-electron chi connectivity index (χ2n) is 3.50. The zero-order chi connectivity index (χ0) is 8.93. The van der Waals surface area contributed by atoms with Crippen LogP contribution in [-0.4, -0.2) is 16.9 Å². The lowest BCUT2D eigenvalue weighted by Crippen LogP contribution is -2.08. The molecule has 64 valence electrons. The van der Waals surface area contributed by atoms with Crippen LogP contribution in [0.4, 0.5) is 0 Å². The normalized spacial score (nSPS) is 42.9. The largest absolute Gasteiger partial charge is 0.481 e. The maximum absolute atomic E-state index is 11.1. The number of carboxylic acid groups (broad SMARTS) is 1. The number of ketones is 1. The first-order valence-corrected chi connectivity index (χ1v) is 4.09. The zero-order valence-electron chi connectivity index (χ0n) is 6.78. The van der Waals surface area contributed by atoms with E-state index in [1.807, 2.05) is 6.92 Å². The third kappa shape index (κ3) is 0.618. The molecule has 3 atom stereocenters. The Labute approximate surface area is 70.1 Å². The summed E-state index contributed by atoms with van der Waals surface area (Å²) in [5, 5.41) is 8.79. The minimum Gasteiger partial charge on any atom is -0.481 e. The van der Waals surface area contributed by atoms with E-state index in [2.05, 4.69) is 0 Å². The molecule has 2 aliphatic carbocycles. The number of rotatable bonds is 2. The molecule has 12 heavy (non-hydrogen) atoms. The molecule has 0 radical (unpaired) electrons. The molecule has 0 bridgehead atoms. The predicted octanol–water partition coefficient (Wildman–Crippen LogP) is 0.852. The van der Waals surface area contributed by atoms with Crippen LogP contribution in [0, 0.1) is 17.3 Å². The molecule has 0 aromatic carbocycles. The lowest BCUT2D eigenvalue weighted by Gasteiger charge is -2.03. The fourth-order valence-corrected chi connectivity index (χ4v) is 2.37. The number of hydrogen-bond acceptors (Lipinski definition) is 2. The second-order valence-corrected chi connectivity index (χ2v) is 3.50. The summed E-state index contributed by atoms with van der Waals surface area (Å²) < 4.78 is 0. The fraction of sp³-hybridized carbons (Fsp3) is 0.556. The van der Waals surface area contributed by atoms with Gasteiger partial charge in [-0.2, -0.15) is 0 Å². The van der Waals surface area contributed by atoms with Crippen molar-refractivity contribution in [2.24, 2.45) is 17.3 Å². The molecule has 0 aromatic heterocycles. The molecule has 2 unspecified atom stereocenters.